The summed E-state index contributed by atoms with van der Waals surface area (Å²) in [7, 11) is 0. The molecule has 0 saturated heterocycles. The highest BCUT2D eigenvalue weighted by atomic mass is 19.1. The molecule has 0 unspecified atom stereocenters. The van der Waals surface area contributed by atoms with E-state index >= 15 is 0 Å². The molecule has 0 aliphatic carbocycles. The fourth-order valence-electron chi connectivity index (χ4n) is 2.70. The van der Waals surface area contributed by atoms with E-state index in [0.29, 0.717) is 5.69 Å². The van der Waals surface area contributed by atoms with Crippen molar-refractivity contribution in [1.29, 1.82) is 0 Å². The summed E-state index contributed by atoms with van der Waals surface area (Å²) < 4.78 is 13.4. The van der Waals surface area contributed by atoms with Gasteiger partial charge < -0.3 is 10.6 Å². The molecular formula is C16H17FN2. The van der Waals surface area contributed by atoms with Crippen molar-refractivity contribution < 1.29 is 4.39 Å². The van der Waals surface area contributed by atoms with E-state index in [1.165, 1.54) is 17.2 Å². The lowest BCUT2D eigenvalue weighted by molar-refractivity contribution is 0.627. The zero-order valence-electron chi connectivity index (χ0n) is 10.8. The highest BCUT2D eigenvalue weighted by Crippen LogP contribution is 2.23. The Labute approximate surface area is 112 Å². The van der Waals surface area contributed by atoms with Gasteiger partial charge in [0.25, 0.3) is 0 Å². The summed E-state index contributed by atoms with van der Waals surface area (Å²) in [5.74, 6) is -0.267. The quantitative estimate of drug-likeness (QED) is 0.795. The molecule has 2 nitrogen and oxygen atoms in total. The van der Waals surface area contributed by atoms with Gasteiger partial charge in [-0.2, -0.15) is 0 Å². The van der Waals surface area contributed by atoms with Crippen molar-refractivity contribution in [3.8, 4) is 0 Å². The molecule has 19 heavy (non-hydrogen) atoms. The molecule has 98 valence electrons. The summed E-state index contributed by atoms with van der Waals surface area (Å²) in [6, 6.07) is 13.3. The summed E-state index contributed by atoms with van der Waals surface area (Å²) in [6.07, 6.45) is 1.99. The van der Waals surface area contributed by atoms with Crippen LogP contribution in [-0.4, -0.2) is 13.1 Å². The van der Waals surface area contributed by atoms with Crippen molar-refractivity contribution in [1.82, 2.24) is 0 Å². The highest BCUT2D eigenvalue weighted by molar-refractivity contribution is 5.57. The Balaban J connectivity index is 1.85. The molecule has 0 saturated carbocycles. The maximum absolute atomic E-state index is 13.4. The first-order valence-electron chi connectivity index (χ1n) is 6.60. The number of nitrogens with two attached hydrogens (primary N) is 1. The molecule has 0 fully saturated rings. The number of hydrogen-bond acceptors (Lipinski definition) is 2. The molecule has 0 atom stereocenters. The number of anilines is 2. The van der Waals surface area contributed by atoms with Crippen molar-refractivity contribution in [2.45, 2.75) is 12.8 Å². The molecule has 3 rings (SSSR count). The second-order valence-electron chi connectivity index (χ2n) is 5.00. The first-order chi connectivity index (χ1) is 9.22. The topological polar surface area (TPSA) is 29.3 Å². The number of hydrogen-bond donors (Lipinski definition) is 1. The second-order valence-corrected chi connectivity index (χ2v) is 5.00. The van der Waals surface area contributed by atoms with Crippen LogP contribution >= 0.6 is 0 Å². The number of nitrogens with zero attached hydrogens (tertiary/aromatic N) is 1. The van der Waals surface area contributed by atoms with Gasteiger partial charge in [0.2, 0.25) is 0 Å². The van der Waals surface area contributed by atoms with Crippen molar-refractivity contribution >= 4 is 11.4 Å². The molecular weight excluding hydrogens is 239 g/mol. The fourth-order valence-corrected chi connectivity index (χ4v) is 2.70. The van der Waals surface area contributed by atoms with E-state index in [9.17, 15) is 4.39 Å². The number of fused-ring (bicyclic) bond motifs is 1. The Bertz CT molecular complexity index is 548. The molecule has 1 aliphatic rings. The molecule has 2 aromatic carbocycles. The molecule has 0 spiro atoms. The van der Waals surface area contributed by atoms with Crippen LogP contribution < -0.4 is 10.6 Å². The van der Waals surface area contributed by atoms with Gasteiger partial charge in [-0.05, 0) is 42.2 Å². The monoisotopic (exact) mass is 256 g/mol. The van der Waals surface area contributed by atoms with Gasteiger partial charge in [0.15, 0.2) is 0 Å². The first-order valence-corrected chi connectivity index (χ1v) is 6.60. The van der Waals surface area contributed by atoms with E-state index in [4.69, 9.17) is 5.73 Å². The molecule has 0 aromatic heterocycles. The van der Waals surface area contributed by atoms with E-state index < -0.39 is 0 Å². The van der Waals surface area contributed by atoms with Crippen LogP contribution in [0.2, 0.25) is 0 Å². The predicted octanol–water partition coefficient (Wildman–Crippen LogP) is 3.01. The van der Waals surface area contributed by atoms with Crippen LogP contribution in [0.3, 0.4) is 0 Å². The Morgan fingerprint density at radius 1 is 0.947 bits per heavy atom. The van der Waals surface area contributed by atoms with Gasteiger partial charge in [0, 0.05) is 24.5 Å². The zero-order chi connectivity index (χ0) is 13.2. The third kappa shape index (κ3) is 2.55. The van der Waals surface area contributed by atoms with Gasteiger partial charge >= 0.3 is 0 Å². The normalized spacial score (nSPS) is 14.9. The Morgan fingerprint density at radius 3 is 2.16 bits per heavy atom. The maximum atomic E-state index is 13.4. The predicted molar refractivity (Wildman–Crippen MR) is 76.9 cm³/mol. The molecule has 3 heteroatoms. The molecule has 2 N–H and O–H groups in total. The van der Waals surface area contributed by atoms with Crippen molar-refractivity contribution in [3.05, 3.63) is 59.4 Å². The molecule has 0 amide bonds. The molecule has 1 heterocycles. The molecule has 0 radical (unpaired) electrons. The van der Waals surface area contributed by atoms with E-state index in [0.717, 1.165) is 31.6 Å². The summed E-state index contributed by atoms with van der Waals surface area (Å²) >= 11 is 0. The fraction of sp³-hybridized carbons (Fsp3) is 0.250. The SMILES string of the molecule is Nc1cc(F)cc(N2CCc3ccccc3CC2)c1. The summed E-state index contributed by atoms with van der Waals surface area (Å²) in [5.41, 5.74) is 9.88. The average Bonchev–Trinajstić information content (AvgIpc) is 2.60. The smallest absolute Gasteiger partial charge is 0.127 e. The lowest BCUT2D eigenvalue weighted by atomic mass is 10.0. The highest BCUT2D eigenvalue weighted by Gasteiger charge is 2.14. The van der Waals surface area contributed by atoms with E-state index in [1.54, 1.807) is 6.07 Å². The van der Waals surface area contributed by atoms with Crippen LogP contribution in [0, 0.1) is 5.82 Å². The van der Waals surface area contributed by atoms with Crippen molar-refractivity contribution in [3.63, 3.8) is 0 Å². The Morgan fingerprint density at radius 2 is 1.58 bits per heavy atom. The van der Waals surface area contributed by atoms with Crippen molar-refractivity contribution in [2.24, 2.45) is 0 Å². The third-order valence-corrected chi connectivity index (χ3v) is 3.69. The number of benzene rings is 2. The minimum absolute atomic E-state index is 0.267. The summed E-state index contributed by atoms with van der Waals surface area (Å²) in [5, 5.41) is 0. The average molecular weight is 256 g/mol. The van der Waals surface area contributed by atoms with Crippen LogP contribution in [-0.2, 0) is 12.8 Å². The van der Waals surface area contributed by atoms with Gasteiger partial charge in [-0.3, -0.25) is 0 Å². The second kappa shape index (κ2) is 4.92. The maximum Gasteiger partial charge on any atom is 0.127 e. The summed E-state index contributed by atoms with van der Waals surface area (Å²) in [6.45, 7) is 1.81. The van der Waals surface area contributed by atoms with Gasteiger partial charge in [-0.25, -0.2) is 4.39 Å². The standard InChI is InChI=1S/C16H17FN2/c17-14-9-15(18)11-16(10-14)19-7-5-12-3-1-2-4-13(12)6-8-19/h1-4,9-11H,5-8,18H2. The minimum atomic E-state index is -0.267. The van der Waals surface area contributed by atoms with Crippen LogP contribution in [0.1, 0.15) is 11.1 Å². The van der Waals surface area contributed by atoms with Crippen LogP contribution in [0.4, 0.5) is 15.8 Å². The third-order valence-electron chi connectivity index (χ3n) is 3.69. The Hall–Kier alpha value is -2.03. The van der Waals surface area contributed by atoms with Crippen molar-refractivity contribution in [2.75, 3.05) is 23.7 Å². The van der Waals surface area contributed by atoms with Gasteiger partial charge in [-0.15, -0.1) is 0 Å². The lowest BCUT2D eigenvalue weighted by Crippen LogP contribution is -2.26. The van der Waals surface area contributed by atoms with Crippen LogP contribution in [0.5, 0.6) is 0 Å². The van der Waals surface area contributed by atoms with E-state index in [2.05, 4.69) is 29.2 Å². The number of rotatable bonds is 1. The zero-order valence-corrected chi connectivity index (χ0v) is 10.8. The van der Waals surface area contributed by atoms with Gasteiger partial charge in [-0.1, -0.05) is 24.3 Å². The van der Waals surface area contributed by atoms with Gasteiger partial charge in [0.05, 0.1) is 0 Å². The molecule has 2 aromatic rings. The lowest BCUT2D eigenvalue weighted by Gasteiger charge is -2.23. The largest absolute Gasteiger partial charge is 0.399 e. The minimum Gasteiger partial charge on any atom is -0.399 e. The van der Waals surface area contributed by atoms with E-state index in [-0.39, 0.29) is 5.82 Å². The first kappa shape index (κ1) is 12.0. The summed E-state index contributed by atoms with van der Waals surface area (Å²) in [4.78, 5) is 2.21. The molecule has 1 aliphatic heterocycles. The van der Waals surface area contributed by atoms with Crippen LogP contribution in [0.15, 0.2) is 42.5 Å². The van der Waals surface area contributed by atoms with E-state index in [1.807, 2.05) is 6.07 Å². The number of nitrogen functional groups attached to an aromatic ring is 1. The van der Waals surface area contributed by atoms with Gasteiger partial charge in [0.1, 0.15) is 5.82 Å². The molecule has 0 bridgehead atoms. The van der Waals surface area contributed by atoms with Crippen LogP contribution in [0.25, 0.3) is 0 Å². The Kier molecular flexibility index (Phi) is 3.11. The number of halogens is 1.